The predicted octanol–water partition coefficient (Wildman–Crippen LogP) is 3.31. The highest BCUT2D eigenvalue weighted by Gasteiger charge is 2.28. The minimum absolute atomic E-state index is 0.299. The number of hydrogen-bond donors (Lipinski definition) is 2. The van der Waals surface area contributed by atoms with Gasteiger partial charge >= 0.3 is 0 Å². The number of carbonyl (C=O) groups is 1. The Labute approximate surface area is 111 Å². The van der Waals surface area contributed by atoms with Gasteiger partial charge in [-0.05, 0) is 17.5 Å². The normalized spacial score (nSPS) is 13.3. The van der Waals surface area contributed by atoms with E-state index in [1.807, 2.05) is 20.8 Å². The molecule has 0 aliphatic rings. The highest BCUT2D eigenvalue weighted by Crippen LogP contribution is 2.30. The second-order valence-electron chi connectivity index (χ2n) is 4.93. The number of carbonyl (C=O) groups excluding carboxylic acids is 1. The summed E-state index contributed by atoms with van der Waals surface area (Å²) >= 11 is 11.9. The van der Waals surface area contributed by atoms with Crippen LogP contribution in [0.4, 0.5) is 5.69 Å². The number of halogens is 2. The van der Waals surface area contributed by atoms with Crippen LogP contribution in [0.15, 0.2) is 18.2 Å². The average Bonchev–Trinajstić information content (AvgIpc) is 2.21. The molecule has 0 saturated heterocycles. The smallest absolute Gasteiger partial charge is 0.241 e. The van der Waals surface area contributed by atoms with Crippen molar-refractivity contribution in [2.24, 2.45) is 11.1 Å². The fourth-order valence-corrected chi connectivity index (χ4v) is 1.70. The van der Waals surface area contributed by atoms with Gasteiger partial charge in [-0.25, -0.2) is 0 Å². The molecule has 5 heteroatoms. The van der Waals surface area contributed by atoms with Gasteiger partial charge < -0.3 is 11.1 Å². The van der Waals surface area contributed by atoms with Crippen LogP contribution in [0.1, 0.15) is 20.8 Å². The van der Waals surface area contributed by atoms with Crippen molar-refractivity contribution in [2.45, 2.75) is 26.8 Å². The minimum Gasteiger partial charge on any atom is -0.322 e. The predicted molar refractivity (Wildman–Crippen MR) is 72.5 cm³/mol. The third-order valence-electron chi connectivity index (χ3n) is 2.43. The van der Waals surface area contributed by atoms with Crippen LogP contribution in [-0.2, 0) is 4.79 Å². The number of benzene rings is 1. The van der Waals surface area contributed by atoms with Crippen molar-refractivity contribution >= 4 is 34.8 Å². The second-order valence-corrected chi connectivity index (χ2v) is 5.74. The lowest BCUT2D eigenvalue weighted by Crippen LogP contribution is -2.45. The monoisotopic (exact) mass is 274 g/mol. The van der Waals surface area contributed by atoms with E-state index in [4.69, 9.17) is 28.9 Å². The maximum absolute atomic E-state index is 11.9. The Hall–Kier alpha value is -0.770. The van der Waals surface area contributed by atoms with Gasteiger partial charge in [-0.2, -0.15) is 0 Å². The summed E-state index contributed by atoms with van der Waals surface area (Å²) in [6, 6.07) is 4.40. The molecule has 0 bridgehead atoms. The van der Waals surface area contributed by atoms with Gasteiger partial charge in [-0.1, -0.05) is 50.0 Å². The van der Waals surface area contributed by atoms with E-state index < -0.39 is 6.04 Å². The van der Waals surface area contributed by atoms with Crippen molar-refractivity contribution in [2.75, 3.05) is 5.32 Å². The molecule has 0 aliphatic carbocycles. The van der Waals surface area contributed by atoms with E-state index in [-0.39, 0.29) is 11.3 Å². The van der Waals surface area contributed by atoms with Crippen LogP contribution < -0.4 is 11.1 Å². The van der Waals surface area contributed by atoms with Gasteiger partial charge in [-0.15, -0.1) is 0 Å². The van der Waals surface area contributed by atoms with Gasteiger partial charge in [0.05, 0.1) is 21.8 Å². The number of amides is 1. The van der Waals surface area contributed by atoms with Gasteiger partial charge in [0, 0.05) is 0 Å². The zero-order valence-electron chi connectivity index (χ0n) is 10.1. The van der Waals surface area contributed by atoms with Crippen molar-refractivity contribution in [1.82, 2.24) is 0 Å². The summed E-state index contributed by atoms with van der Waals surface area (Å²) < 4.78 is 0. The number of hydrogen-bond acceptors (Lipinski definition) is 2. The number of para-hydroxylation sites is 1. The maximum atomic E-state index is 11.9. The average molecular weight is 275 g/mol. The van der Waals surface area contributed by atoms with Crippen molar-refractivity contribution in [3.05, 3.63) is 28.2 Å². The molecule has 0 aromatic heterocycles. The molecule has 3 N–H and O–H groups in total. The van der Waals surface area contributed by atoms with Crippen molar-refractivity contribution in [3.8, 4) is 0 Å². The second kappa shape index (κ2) is 5.25. The quantitative estimate of drug-likeness (QED) is 0.870. The molecule has 3 nitrogen and oxygen atoms in total. The van der Waals surface area contributed by atoms with E-state index in [1.165, 1.54) is 0 Å². The fraction of sp³-hybridized carbons (Fsp3) is 0.417. The highest BCUT2D eigenvalue weighted by atomic mass is 35.5. The summed E-state index contributed by atoms with van der Waals surface area (Å²) in [5, 5.41) is 3.45. The van der Waals surface area contributed by atoms with Crippen molar-refractivity contribution in [1.29, 1.82) is 0 Å². The molecule has 0 saturated carbocycles. The first kappa shape index (κ1) is 14.3. The molecule has 0 fully saturated rings. The molecule has 94 valence electrons. The maximum Gasteiger partial charge on any atom is 0.241 e. The zero-order valence-corrected chi connectivity index (χ0v) is 11.6. The lowest BCUT2D eigenvalue weighted by atomic mass is 9.87. The first-order valence-electron chi connectivity index (χ1n) is 5.24. The van der Waals surface area contributed by atoms with Gasteiger partial charge in [-0.3, -0.25) is 4.79 Å². The lowest BCUT2D eigenvalue weighted by molar-refractivity contribution is -0.119. The number of nitrogens with two attached hydrogens (primary N) is 1. The number of anilines is 1. The van der Waals surface area contributed by atoms with E-state index >= 15 is 0 Å². The molecular formula is C12H16Cl2N2O. The third-order valence-corrected chi connectivity index (χ3v) is 3.06. The van der Waals surface area contributed by atoms with E-state index in [0.717, 1.165) is 0 Å². The van der Waals surface area contributed by atoms with Crippen LogP contribution in [0.5, 0.6) is 0 Å². The van der Waals surface area contributed by atoms with E-state index in [0.29, 0.717) is 15.7 Å². The van der Waals surface area contributed by atoms with E-state index in [1.54, 1.807) is 18.2 Å². The minimum atomic E-state index is -0.630. The summed E-state index contributed by atoms with van der Waals surface area (Å²) in [5.41, 5.74) is 5.93. The molecule has 0 radical (unpaired) electrons. The van der Waals surface area contributed by atoms with Crippen LogP contribution in [0.3, 0.4) is 0 Å². The Morgan fingerprint density at radius 2 is 1.76 bits per heavy atom. The van der Waals surface area contributed by atoms with Crippen LogP contribution in [0.2, 0.25) is 10.0 Å². The molecule has 17 heavy (non-hydrogen) atoms. The summed E-state index contributed by atoms with van der Waals surface area (Å²) in [6.45, 7) is 5.68. The Morgan fingerprint density at radius 3 is 2.18 bits per heavy atom. The number of rotatable bonds is 2. The molecule has 1 atom stereocenters. The van der Waals surface area contributed by atoms with Crippen molar-refractivity contribution in [3.63, 3.8) is 0 Å². The first-order chi connectivity index (χ1) is 7.73. The molecule has 1 amide bonds. The molecule has 0 aliphatic heterocycles. The first-order valence-corrected chi connectivity index (χ1v) is 5.99. The van der Waals surface area contributed by atoms with Crippen molar-refractivity contribution < 1.29 is 4.79 Å². The molecule has 1 rings (SSSR count). The fourth-order valence-electron chi connectivity index (χ4n) is 1.21. The van der Waals surface area contributed by atoms with Gasteiger partial charge in [0.25, 0.3) is 0 Å². The Kier molecular flexibility index (Phi) is 4.42. The molecule has 0 spiro atoms. The highest BCUT2D eigenvalue weighted by molar-refractivity contribution is 6.39. The van der Waals surface area contributed by atoms with Crippen LogP contribution >= 0.6 is 23.2 Å². The third kappa shape index (κ3) is 3.60. The summed E-state index contributed by atoms with van der Waals surface area (Å²) in [7, 11) is 0. The van der Waals surface area contributed by atoms with Crippen LogP contribution in [-0.4, -0.2) is 11.9 Å². The zero-order chi connectivity index (χ0) is 13.2. The van der Waals surface area contributed by atoms with E-state index in [2.05, 4.69) is 5.32 Å². The summed E-state index contributed by atoms with van der Waals surface area (Å²) in [6.07, 6.45) is 0. The van der Waals surface area contributed by atoms with Gasteiger partial charge in [0.2, 0.25) is 5.91 Å². The molecule has 1 aromatic rings. The molecular weight excluding hydrogens is 259 g/mol. The largest absolute Gasteiger partial charge is 0.322 e. The Bertz CT molecular complexity index is 407. The summed E-state index contributed by atoms with van der Waals surface area (Å²) in [4.78, 5) is 11.9. The van der Waals surface area contributed by atoms with E-state index in [9.17, 15) is 4.79 Å². The molecule has 0 heterocycles. The van der Waals surface area contributed by atoms with Gasteiger partial charge in [0.1, 0.15) is 0 Å². The molecule has 1 aromatic carbocycles. The summed E-state index contributed by atoms with van der Waals surface area (Å²) in [5.74, 6) is -0.299. The number of nitrogens with one attached hydrogen (secondary N) is 1. The Balaban J connectivity index is 2.89. The SMILES string of the molecule is CC(C)(C)C(N)C(=O)Nc1c(Cl)cccc1Cl. The topological polar surface area (TPSA) is 55.1 Å². The lowest BCUT2D eigenvalue weighted by Gasteiger charge is -2.26. The Morgan fingerprint density at radius 1 is 1.29 bits per heavy atom. The van der Waals surface area contributed by atoms with Crippen LogP contribution in [0, 0.1) is 5.41 Å². The molecule has 1 unspecified atom stereocenters. The standard InChI is InChI=1S/C12H16Cl2N2O/c1-12(2,3)10(15)11(17)16-9-7(13)5-4-6-8(9)14/h4-6,10H,15H2,1-3H3,(H,16,17). The van der Waals surface area contributed by atoms with Crippen LogP contribution in [0.25, 0.3) is 0 Å². The van der Waals surface area contributed by atoms with Gasteiger partial charge in [0.15, 0.2) is 0 Å².